The van der Waals surface area contributed by atoms with Crippen LogP contribution in [-0.2, 0) is 14.8 Å². The third kappa shape index (κ3) is 7.01. The Morgan fingerprint density at radius 3 is 1.97 bits per heavy atom. The van der Waals surface area contributed by atoms with E-state index < -0.39 is 10.0 Å². The summed E-state index contributed by atoms with van der Waals surface area (Å²) in [5.41, 5.74) is 0. The van der Waals surface area contributed by atoms with Crippen LogP contribution >= 0.6 is 0 Å². The minimum absolute atomic E-state index is 0.0119. The highest BCUT2D eigenvalue weighted by atomic mass is 32.2. The fourth-order valence-electron chi connectivity index (χ4n) is 5.22. The number of hydrogen-bond acceptors (Lipinski definition) is 4. The highest BCUT2D eigenvalue weighted by Gasteiger charge is 2.19. The Hall–Kier alpha value is -2.74. The smallest absolute Gasteiger partial charge is 0.241 e. The second-order valence-corrected chi connectivity index (χ2v) is 12.2. The minimum Gasteiger partial charge on any atom is -0.396 e. The van der Waals surface area contributed by atoms with Crippen molar-refractivity contribution in [1.29, 1.82) is 0 Å². The topological polar surface area (TPSA) is 95.5 Å². The van der Waals surface area contributed by atoms with Crippen LogP contribution in [0.1, 0.15) is 64.7 Å². The summed E-state index contributed by atoms with van der Waals surface area (Å²) in [6, 6.07) is 17.9. The third-order valence-electron chi connectivity index (χ3n) is 7.34. The number of rotatable bonds is 16. The van der Waals surface area contributed by atoms with Gasteiger partial charge in [-0.05, 0) is 51.8 Å². The minimum atomic E-state index is -3.60. The van der Waals surface area contributed by atoms with Gasteiger partial charge in [0, 0.05) is 31.5 Å². The maximum Gasteiger partial charge on any atom is 0.241 e. The van der Waals surface area contributed by atoms with Crippen LogP contribution in [0.5, 0.6) is 0 Å². The number of hydrogen-bond donors (Lipinski definition) is 3. The van der Waals surface area contributed by atoms with Crippen LogP contribution in [0.2, 0.25) is 0 Å². The lowest BCUT2D eigenvalue weighted by molar-refractivity contribution is -0.122. The average molecular weight is 537 g/mol. The molecule has 4 aromatic carbocycles. The summed E-state index contributed by atoms with van der Waals surface area (Å²) in [7, 11) is -3.60. The Balaban J connectivity index is 1.16. The lowest BCUT2D eigenvalue weighted by Gasteiger charge is -2.14. The van der Waals surface area contributed by atoms with E-state index in [1.807, 2.05) is 31.2 Å². The SMILES string of the molecule is CC(CO)CC(=O)NCCCCCCCCCCNS(=O)(=O)c1ccc2ccc3cccc4ccc1c2c34. The first-order valence-electron chi connectivity index (χ1n) is 13.9. The zero-order valence-corrected chi connectivity index (χ0v) is 23.2. The Bertz CT molecular complexity index is 1440. The summed E-state index contributed by atoms with van der Waals surface area (Å²) >= 11 is 0. The monoisotopic (exact) mass is 536 g/mol. The second-order valence-electron chi connectivity index (χ2n) is 10.5. The van der Waals surface area contributed by atoms with Crippen LogP contribution in [-0.4, -0.2) is 39.1 Å². The van der Waals surface area contributed by atoms with Crippen LogP contribution in [0.15, 0.2) is 59.5 Å². The van der Waals surface area contributed by atoms with Crippen LogP contribution in [0.3, 0.4) is 0 Å². The van der Waals surface area contributed by atoms with Gasteiger partial charge in [0.25, 0.3) is 0 Å². The number of sulfonamides is 1. The van der Waals surface area contributed by atoms with E-state index in [2.05, 4.69) is 34.3 Å². The van der Waals surface area contributed by atoms with Crippen molar-refractivity contribution in [2.45, 2.75) is 69.6 Å². The molecule has 0 aromatic heterocycles. The van der Waals surface area contributed by atoms with Gasteiger partial charge in [-0.2, -0.15) is 0 Å². The van der Waals surface area contributed by atoms with E-state index in [4.69, 9.17) is 5.11 Å². The number of benzene rings is 4. The first-order valence-corrected chi connectivity index (χ1v) is 15.4. The molecular weight excluding hydrogens is 496 g/mol. The van der Waals surface area contributed by atoms with E-state index in [0.29, 0.717) is 24.4 Å². The van der Waals surface area contributed by atoms with Gasteiger partial charge in [-0.3, -0.25) is 4.79 Å². The molecule has 0 spiro atoms. The van der Waals surface area contributed by atoms with Gasteiger partial charge in [0.15, 0.2) is 0 Å². The average Bonchev–Trinajstić information content (AvgIpc) is 2.92. The van der Waals surface area contributed by atoms with Crippen molar-refractivity contribution in [3.63, 3.8) is 0 Å². The van der Waals surface area contributed by atoms with Crippen molar-refractivity contribution in [2.24, 2.45) is 5.92 Å². The van der Waals surface area contributed by atoms with Crippen molar-refractivity contribution in [3.05, 3.63) is 54.6 Å². The maximum absolute atomic E-state index is 13.2. The van der Waals surface area contributed by atoms with Crippen LogP contribution in [0.4, 0.5) is 0 Å². The zero-order valence-electron chi connectivity index (χ0n) is 22.3. The third-order valence-corrected chi connectivity index (χ3v) is 8.86. The first-order chi connectivity index (χ1) is 18.4. The molecule has 0 saturated heterocycles. The standard InChI is InChI=1S/C31H40N2O4S/c1-23(22-34)21-29(35)32-19-8-6-4-2-3-5-7-9-20-33-38(36,37)28-18-16-26-14-13-24-11-10-12-25-15-17-27(28)31(26)30(24)25/h10-18,23,33-34H,2-9,19-22H2,1H3,(H,32,35). The highest BCUT2D eigenvalue weighted by molar-refractivity contribution is 7.89. The number of amides is 1. The number of nitrogens with one attached hydrogen (secondary N) is 2. The Kier molecular flexibility index (Phi) is 9.94. The van der Waals surface area contributed by atoms with Gasteiger partial charge in [-0.1, -0.05) is 94.0 Å². The van der Waals surface area contributed by atoms with Gasteiger partial charge in [-0.15, -0.1) is 0 Å². The molecule has 1 unspecified atom stereocenters. The van der Waals surface area contributed by atoms with Crippen molar-refractivity contribution in [3.8, 4) is 0 Å². The van der Waals surface area contributed by atoms with Gasteiger partial charge in [-0.25, -0.2) is 13.1 Å². The molecule has 0 aliphatic carbocycles. The molecule has 1 atom stereocenters. The molecule has 204 valence electrons. The summed E-state index contributed by atoms with van der Waals surface area (Å²) in [4.78, 5) is 12.0. The summed E-state index contributed by atoms with van der Waals surface area (Å²) < 4.78 is 29.2. The number of carbonyl (C=O) groups is 1. The predicted octanol–water partition coefficient (Wildman–Crippen LogP) is 6.12. The Morgan fingerprint density at radius 1 is 0.763 bits per heavy atom. The maximum atomic E-state index is 13.2. The van der Waals surface area contributed by atoms with E-state index >= 15 is 0 Å². The van der Waals surface area contributed by atoms with Gasteiger partial charge in [0.1, 0.15) is 0 Å². The quantitative estimate of drug-likeness (QED) is 0.119. The summed E-state index contributed by atoms with van der Waals surface area (Å²) in [6.45, 7) is 3.05. The predicted molar refractivity (Wildman–Crippen MR) is 156 cm³/mol. The van der Waals surface area contributed by atoms with Crippen molar-refractivity contribution < 1.29 is 18.3 Å². The van der Waals surface area contributed by atoms with E-state index in [1.165, 1.54) is 0 Å². The fraction of sp³-hybridized carbons (Fsp3) is 0.452. The van der Waals surface area contributed by atoms with E-state index in [9.17, 15) is 13.2 Å². The first kappa shape index (κ1) is 28.3. The number of carbonyl (C=O) groups excluding carboxylic acids is 1. The summed E-state index contributed by atoms with van der Waals surface area (Å²) in [6.07, 6.45) is 8.81. The fourth-order valence-corrected chi connectivity index (χ4v) is 6.49. The van der Waals surface area contributed by atoms with Crippen LogP contribution in [0, 0.1) is 5.92 Å². The molecule has 38 heavy (non-hydrogen) atoms. The van der Waals surface area contributed by atoms with Crippen LogP contribution in [0.25, 0.3) is 32.3 Å². The van der Waals surface area contributed by atoms with E-state index in [1.54, 1.807) is 6.07 Å². The molecule has 0 aliphatic heterocycles. The molecule has 6 nitrogen and oxygen atoms in total. The molecule has 0 aliphatic rings. The molecule has 0 bridgehead atoms. The summed E-state index contributed by atoms with van der Waals surface area (Å²) in [5.74, 6) is 0.0270. The Morgan fingerprint density at radius 2 is 1.32 bits per heavy atom. The van der Waals surface area contributed by atoms with E-state index in [-0.39, 0.29) is 18.4 Å². The van der Waals surface area contributed by atoms with Gasteiger partial charge >= 0.3 is 0 Å². The van der Waals surface area contributed by atoms with Crippen LogP contribution < -0.4 is 10.0 Å². The van der Waals surface area contributed by atoms with Crippen molar-refractivity contribution >= 4 is 48.2 Å². The molecule has 4 aromatic rings. The lowest BCUT2D eigenvalue weighted by Crippen LogP contribution is -2.26. The van der Waals surface area contributed by atoms with E-state index in [0.717, 1.165) is 83.7 Å². The zero-order chi connectivity index (χ0) is 27.0. The molecule has 0 fully saturated rings. The molecule has 0 heterocycles. The number of aliphatic hydroxyl groups excluding tert-OH is 1. The molecular formula is C31H40N2O4S. The largest absolute Gasteiger partial charge is 0.396 e. The molecule has 0 saturated carbocycles. The van der Waals surface area contributed by atoms with Gasteiger partial charge < -0.3 is 10.4 Å². The normalized spacial score (nSPS) is 13.0. The number of aliphatic hydroxyl groups is 1. The molecule has 0 radical (unpaired) electrons. The second kappa shape index (κ2) is 13.4. The van der Waals surface area contributed by atoms with Gasteiger partial charge in [0.05, 0.1) is 4.90 Å². The molecule has 3 N–H and O–H groups in total. The summed E-state index contributed by atoms with van der Waals surface area (Å²) in [5, 5.41) is 18.1. The molecule has 1 amide bonds. The van der Waals surface area contributed by atoms with Crippen molar-refractivity contribution in [1.82, 2.24) is 10.0 Å². The lowest BCUT2D eigenvalue weighted by atomic mass is 9.94. The van der Waals surface area contributed by atoms with Gasteiger partial charge in [0.2, 0.25) is 15.9 Å². The highest BCUT2D eigenvalue weighted by Crippen LogP contribution is 2.37. The number of unbranched alkanes of at least 4 members (excludes halogenated alkanes) is 7. The van der Waals surface area contributed by atoms with Crippen molar-refractivity contribution in [2.75, 3.05) is 19.7 Å². The molecule has 4 rings (SSSR count). The molecule has 7 heteroatoms. The Labute approximate surface area is 226 Å².